The van der Waals surface area contributed by atoms with E-state index in [1.54, 1.807) is 28.5 Å². The summed E-state index contributed by atoms with van der Waals surface area (Å²) in [4.78, 5) is 66.3. The lowest BCUT2D eigenvalue weighted by Gasteiger charge is -2.38. The molecule has 8 aliphatic heterocycles. The highest BCUT2D eigenvalue weighted by atomic mass is 32.2. The van der Waals surface area contributed by atoms with Crippen LogP contribution in [-0.4, -0.2) is 312 Å². The van der Waals surface area contributed by atoms with Gasteiger partial charge in [-0.05, 0) is 39.5 Å². The molecular weight excluding hydrogens is 1220 g/mol. The third kappa shape index (κ3) is 19.2. The Hall–Kier alpha value is -4.70. The first-order valence-electron chi connectivity index (χ1n) is 29.3. The van der Waals surface area contributed by atoms with Crippen molar-refractivity contribution in [1.29, 1.82) is 0 Å². The highest BCUT2D eigenvalue weighted by Crippen LogP contribution is 2.39. The normalized spacial score (nSPS) is 38.3. The first-order valence-corrected chi connectivity index (χ1v) is 30.2. The zero-order chi connectivity index (χ0) is 68.3. The van der Waals surface area contributed by atoms with E-state index in [2.05, 4.69) is 40.9 Å². The van der Waals surface area contributed by atoms with E-state index in [1.165, 1.54) is 18.7 Å². The molecule has 0 bridgehead atoms. The standard InChI is InChI=1S/2C10H16N2O3.C10H19NO4.C9H16N2O5.C8H14N2O3S.C6H13NO2.2CO2/c2*1-5-3-12-7(4-13)9(15)8(14)6(2)10(12)11-5;1-2-6-9(14)10(15)8-7(13)3-5(4-12)11(6)8;1-4-7(14)8(15)6(3-12)10-9(4)11-16-5(2)13;1-3-9-5-7(13)6(12)4(2-11)10-8(5)14-3;1-4-2-7-5(3-8)6(4)9;2*2-1-3/h2*3,6-9,13-15H,4H2,1-2H3;5-10,12-15H,2-4H2,1H3;4,6-8,12,14-15H,3H2,1-2H3,(H,10,11);4-8,10-13H,2H2,1H3;4-9H,2-3H2,1H3;;/t6-,7-,8-,9+;6-,7-,8-,9-;5-,6-,7+,8?,9-,10+;4-,6-,7-,8-;4-,5-,6-,7-,8?;4-,5-,6+;;/m110110../s1. The number of imidazole rings is 2. The van der Waals surface area contributed by atoms with Crippen LogP contribution in [0.5, 0.6) is 0 Å². The summed E-state index contributed by atoms with van der Waals surface area (Å²) in [6, 6.07) is -3.36. The Balaban J connectivity index is 0.000000278. The smallest absolute Gasteiger partial charge is 0.373 e. The highest BCUT2D eigenvalue weighted by Gasteiger charge is 2.56. The predicted molar refractivity (Wildman–Crippen MR) is 313 cm³/mol. The molecule has 0 spiro atoms. The lowest BCUT2D eigenvalue weighted by molar-refractivity contribution is -0.193. The third-order valence-corrected chi connectivity index (χ3v) is 18.1. The largest absolute Gasteiger partial charge is 0.395 e. The molecule has 35 heteroatoms. The Labute approximate surface area is 523 Å². The second-order valence-electron chi connectivity index (χ2n) is 23.0. The predicted octanol–water partition coefficient (Wildman–Crippen LogP) is -8.08. The fraction of sp³-hybridized carbons (Fsp3) is 0.800. The average molecular weight is 1310 g/mol. The van der Waals surface area contributed by atoms with Gasteiger partial charge in [-0.3, -0.25) is 25.0 Å². The molecule has 4 saturated heterocycles. The Morgan fingerprint density at radius 1 is 0.611 bits per heavy atom. The fourth-order valence-corrected chi connectivity index (χ4v) is 13.1. The van der Waals surface area contributed by atoms with Gasteiger partial charge in [-0.2, -0.15) is 19.2 Å². The molecule has 2 aromatic rings. The molecule has 0 amide bonds. The summed E-state index contributed by atoms with van der Waals surface area (Å²) >= 11 is 1.53. The second-order valence-corrected chi connectivity index (χ2v) is 24.4. The number of rotatable bonds is 7. The van der Waals surface area contributed by atoms with Crippen molar-refractivity contribution in [2.75, 3.05) is 46.2 Å². The number of thioether (sulfide) groups is 1. The summed E-state index contributed by atoms with van der Waals surface area (Å²) in [6.45, 7) is 15.8. The lowest BCUT2D eigenvalue weighted by atomic mass is 9.90. The van der Waals surface area contributed by atoms with Crippen LogP contribution >= 0.6 is 11.8 Å². The van der Waals surface area contributed by atoms with E-state index in [1.807, 2.05) is 53.4 Å². The van der Waals surface area contributed by atoms with Crippen molar-refractivity contribution in [2.45, 2.75) is 220 Å². The Morgan fingerprint density at radius 2 is 1.09 bits per heavy atom. The number of carbonyl (C=O) groups is 1. The molecule has 21 N–H and O–H groups in total. The molecule has 514 valence electrons. The highest BCUT2D eigenvalue weighted by molar-refractivity contribution is 8.14. The SMILES string of the molecule is CC(=O)ONC1=N[C@H](CO)[C@@H](O)[C@H](O)[C@H]1C.CC1=N[C@H]2C(N[C@H](CO)[C@@H](O)[C@@H]2O)S1.CC[C@H]1[C@H](O)[C@H](O)C2[C@H](O)C[C@@H](CO)N21.C[C@H]1CN[C@@H](CO)[C@@H]1O.Cc1cn2c(n1)[C@H](C)[C@@H](O)[C@@H](O)[C@H]2CO.Cc1cn2c(n1)[C@H](C)[C@@H](O)[C@H](O)[C@H]2CO.O=C=O.O=C=O. The molecular formula is C55H94N10O24S. The molecule has 0 aromatic carbocycles. The number of aliphatic hydroxyl groups excluding tert-OH is 18. The van der Waals surface area contributed by atoms with E-state index in [0.717, 1.165) is 34.6 Å². The minimum atomic E-state index is -1.12. The first kappa shape index (κ1) is 79.5. The minimum absolute atomic E-state index is 0.0226. The zero-order valence-corrected chi connectivity index (χ0v) is 52.4. The van der Waals surface area contributed by atoms with Crippen LogP contribution in [0.2, 0.25) is 0 Å². The van der Waals surface area contributed by atoms with Gasteiger partial charge in [0.2, 0.25) is 0 Å². The number of hydrogen-bond donors (Lipinski definition) is 21. The van der Waals surface area contributed by atoms with Gasteiger partial charge in [0.05, 0.1) is 140 Å². The van der Waals surface area contributed by atoms with Crippen LogP contribution in [0.25, 0.3) is 0 Å². The van der Waals surface area contributed by atoms with Gasteiger partial charge >= 0.3 is 18.3 Å². The van der Waals surface area contributed by atoms with E-state index in [4.69, 9.17) is 34.5 Å². The quantitative estimate of drug-likeness (QED) is 0.115. The van der Waals surface area contributed by atoms with Crippen LogP contribution in [0.1, 0.15) is 108 Å². The molecule has 2 unspecified atom stereocenters. The molecule has 26 atom stereocenters. The summed E-state index contributed by atoms with van der Waals surface area (Å²) in [6.07, 6.45) is -5.09. The topological polar surface area (TPSA) is 558 Å². The molecule has 0 aliphatic carbocycles. The molecule has 34 nitrogen and oxygen atoms in total. The maximum absolute atomic E-state index is 10.6. The van der Waals surface area contributed by atoms with Crippen LogP contribution in [0.4, 0.5) is 0 Å². The van der Waals surface area contributed by atoms with Gasteiger partial charge in [-0.15, -0.1) is 0 Å². The molecule has 10 rings (SSSR count). The van der Waals surface area contributed by atoms with Gasteiger partial charge in [-0.25, -0.2) is 15.4 Å². The molecule has 90 heavy (non-hydrogen) atoms. The summed E-state index contributed by atoms with van der Waals surface area (Å²) in [5.41, 5.74) is 3.96. The number of hydroxylamine groups is 1. The maximum atomic E-state index is 10.6. The summed E-state index contributed by atoms with van der Waals surface area (Å²) in [5.74, 6) is 0.490. The van der Waals surface area contributed by atoms with Gasteiger partial charge in [0.25, 0.3) is 0 Å². The number of nitrogens with one attached hydrogen (secondary N) is 3. The number of aromatic nitrogens is 4. The summed E-state index contributed by atoms with van der Waals surface area (Å²) in [7, 11) is 0. The van der Waals surface area contributed by atoms with Gasteiger partial charge in [-0.1, -0.05) is 46.4 Å². The third-order valence-electron chi connectivity index (χ3n) is 17.0. The number of aliphatic hydroxyl groups is 18. The number of aryl methyl sites for hydroxylation is 2. The van der Waals surface area contributed by atoms with E-state index >= 15 is 0 Å². The molecule has 0 radical (unpaired) electrons. The van der Waals surface area contributed by atoms with Crippen LogP contribution in [0.15, 0.2) is 22.4 Å². The van der Waals surface area contributed by atoms with Gasteiger partial charge in [0.1, 0.15) is 54.0 Å². The van der Waals surface area contributed by atoms with Gasteiger partial charge in [0.15, 0.2) is 0 Å². The van der Waals surface area contributed by atoms with Crippen molar-refractivity contribution in [3.63, 3.8) is 0 Å². The van der Waals surface area contributed by atoms with Crippen LogP contribution in [0, 0.1) is 25.7 Å². The van der Waals surface area contributed by atoms with E-state index in [-0.39, 0.29) is 105 Å². The van der Waals surface area contributed by atoms with Crippen molar-refractivity contribution in [1.82, 2.24) is 40.1 Å². The van der Waals surface area contributed by atoms with E-state index in [0.29, 0.717) is 12.8 Å². The van der Waals surface area contributed by atoms with Crippen LogP contribution in [-0.2, 0) is 28.8 Å². The van der Waals surface area contributed by atoms with Crippen molar-refractivity contribution in [3.8, 4) is 0 Å². The van der Waals surface area contributed by atoms with Crippen molar-refractivity contribution in [2.24, 2.45) is 21.8 Å². The summed E-state index contributed by atoms with van der Waals surface area (Å²) < 4.78 is 3.52. The van der Waals surface area contributed by atoms with E-state index in [9.17, 15) is 81.4 Å². The van der Waals surface area contributed by atoms with Crippen molar-refractivity contribution < 1.29 is 121 Å². The number of nitrogens with zero attached hydrogens (tertiary/aromatic N) is 7. The van der Waals surface area contributed by atoms with Crippen molar-refractivity contribution in [3.05, 3.63) is 35.4 Å². The molecule has 0 saturated carbocycles. The Morgan fingerprint density at radius 3 is 1.49 bits per heavy atom. The molecule has 10 heterocycles. The lowest BCUT2D eigenvalue weighted by Crippen LogP contribution is -2.63. The number of amidine groups is 1. The average Bonchev–Trinajstić information content (AvgIpc) is 1.60. The van der Waals surface area contributed by atoms with Crippen LogP contribution < -0.4 is 16.1 Å². The van der Waals surface area contributed by atoms with E-state index < -0.39 is 116 Å². The van der Waals surface area contributed by atoms with Gasteiger partial charge in [0, 0.05) is 55.7 Å². The molecule has 4 fully saturated rings. The van der Waals surface area contributed by atoms with Crippen molar-refractivity contribution >= 4 is 40.9 Å². The first-order chi connectivity index (χ1) is 42.4. The fourth-order valence-electron chi connectivity index (χ4n) is 11.9. The van der Waals surface area contributed by atoms with Gasteiger partial charge < -0.3 is 111 Å². The summed E-state index contributed by atoms with van der Waals surface area (Å²) in [5, 5.41) is 178. The number of aliphatic imine (C=N–C) groups is 2. The Bertz CT molecular complexity index is 2550. The molecule has 2 aromatic heterocycles. The number of carbonyl (C=O) groups excluding carboxylic acids is 5. The second kappa shape index (κ2) is 37.3. The number of fused-ring (bicyclic) bond motifs is 4. The monoisotopic (exact) mass is 1310 g/mol. The minimum Gasteiger partial charge on any atom is -0.395 e. The molecule has 8 aliphatic rings. The maximum Gasteiger partial charge on any atom is 0.373 e. The number of piperidine rings is 1. The number of hydrogen-bond acceptors (Lipinski definition) is 33. The zero-order valence-electron chi connectivity index (χ0n) is 51.6. The Kier molecular flexibility index (Phi) is 32.9. The van der Waals surface area contributed by atoms with Crippen LogP contribution in [0.3, 0.4) is 0 Å².